The highest BCUT2D eigenvalue weighted by atomic mass is 16.1. The second-order valence-corrected chi connectivity index (χ2v) is 8.05. The van der Waals surface area contributed by atoms with E-state index in [4.69, 9.17) is 0 Å². The summed E-state index contributed by atoms with van der Waals surface area (Å²) in [6.45, 7) is 6.51. The van der Waals surface area contributed by atoms with Crippen LogP contribution >= 0.6 is 0 Å². The van der Waals surface area contributed by atoms with Crippen molar-refractivity contribution in [2.75, 3.05) is 38.1 Å². The molecule has 1 amide bonds. The third-order valence-corrected chi connectivity index (χ3v) is 5.71. The van der Waals surface area contributed by atoms with Crippen molar-refractivity contribution in [3.8, 4) is 11.3 Å². The van der Waals surface area contributed by atoms with Crippen molar-refractivity contribution in [1.82, 2.24) is 20.2 Å². The van der Waals surface area contributed by atoms with E-state index < -0.39 is 0 Å². The standard InChI is InChI=1S/C25H29N5O/c1-19-22(10-11-23(28-19)21-7-4-3-5-8-21)25(31)27-18-20-9-12-24(26-17-20)30-14-6-13-29(2)15-16-30/h3-5,7-12,17H,6,13-16,18H2,1-2H3,(H,27,31). The Bertz CT molecular complexity index is 1020. The number of nitrogens with zero attached hydrogens (tertiary/aromatic N) is 4. The Morgan fingerprint density at radius 2 is 1.84 bits per heavy atom. The molecule has 0 saturated carbocycles. The number of carbonyl (C=O) groups excluding carboxylic acids is 1. The van der Waals surface area contributed by atoms with E-state index in [1.54, 1.807) is 0 Å². The molecule has 0 radical (unpaired) electrons. The van der Waals surface area contributed by atoms with Crippen molar-refractivity contribution < 1.29 is 4.79 Å². The molecule has 2 aromatic heterocycles. The second kappa shape index (κ2) is 9.71. The predicted molar refractivity (Wildman–Crippen MR) is 124 cm³/mol. The molecule has 3 aromatic rings. The minimum absolute atomic E-state index is 0.121. The largest absolute Gasteiger partial charge is 0.355 e. The molecule has 0 bridgehead atoms. The van der Waals surface area contributed by atoms with Crippen LogP contribution in [0.3, 0.4) is 0 Å². The maximum atomic E-state index is 12.7. The van der Waals surface area contributed by atoms with E-state index in [1.165, 1.54) is 0 Å². The number of benzene rings is 1. The summed E-state index contributed by atoms with van der Waals surface area (Å²) < 4.78 is 0. The van der Waals surface area contributed by atoms with E-state index in [-0.39, 0.29) is 5.91 Å². The molecule has 1 aliphatic heterocycles. The van der Waals surface area contributed by atoms with E-state index >= 15 is 0 Å². The summed E-state index contributed by atoms with van der Waals surface area (Å²) in [5.41, 5.74) is 4.21. The summed E-state index contributed by atoms with van der Waals surface area (Å²) in [6.07, 6.45) is 3.00. The number of carbonyl (C=O) groups is 1. The number of hydrogen-bond donors (Lipinski definition) is 1. The molecule has 1 N–H and O–H groups in total. The van der Waals surface area contributed by atoms with Crippen LogP contribution in [0.4, 0.5) is 5.82 Å². The lowest BCUT2D eigenvalue weighted by molar-refractivity contribution is 0.0950. The number of likely N-dealkylation sites (N-methyl/N-ethyl adjacent to an activating group) is 1. The fraction of sp³-hybridized carbons (Fsp3) is 0.320. The Morgan fingerprint density at radius 3 is 2.58 bits per heavy atom. The first-order chi connectivity index (χ1) is 15.1. The zero-order valence-corrected chi connectivity index (χ0v) is 18.2. The minimum Gasteiger partial charge on any atom is -0.355 e. The molecule has 1 aromatic carbocycles. The Kier molecular flexibility index (Phi) is 6.57. The van der Waals surface area contributed by atoms with Crippen LogP contribution in [0.25, 0.3) is 11.3 Å². The van der Waals surface area contributed by atoms with Crippen molar-refractivity contribution in [3.05, 3.63) is 77.6 Å². The summed E-state index contributed by atoms with van der Waals surface area (Å²) >= 11 is 0. The Labute approximate surface area is 183 Å². The molecule has 0 spiro atoms. The lowest BCUT2D eigenvalue weighted by Gasteiger charge is -2.21. The number of aryl methyl sites for hydroxylation is 1. The smallest absolute Gasteiger partial charge is 0.253 e. The van der Waals surface area contributed by atoms with E-state index in [2.05, 4.69) is 32.1 Å². The van der Waals surface area contributed by atoms with Gasteiger partial charge in [0.25, 0.3) is 5.91 Å². The summed E-state index contributed by atoms with van der Waals surface area (Å²) in [4.78, 5) is 26.6. The molecule has 6 heteroatoms. The SMILES string of the molecule is Cc1nc(-c2ccccc2)ccc1C(=O)NCc1ccc(N2CCCN(C)CC2)nc1. The van der Waals surface area contributed by atoms with Gasteiger partial charge in [-0.3, -0.25) is 9.78 Å². The third-order valence-electron chi connectivity index (χ3n) is 5.71. The van der Waals surface area contributed by atoms with Crippen LogP contribution in [0, 0.1) is 6.92 Å². The van der Waals surface area contributed by atoms with Crippen LogP contribution in [0.1, 0.15) is 28.0 Å². The zero-order valence-electron chi connectivity index (χ0n) is 18.2. The fourth-order valence-corrected chi connectivity index (χ4v) is 3.83. The lowest BCUT2D eigenvalue weighted by Crippen LogP contribution is -2.29. The maximum absolute atomic E-state index is 12.7. The van der Waals surface area contributed by atoms with E-state index in [0.29, 0.717) is 12.1 Å². The molecular weight excluding hydrogens is 386 g/mol. The second-order valence-electron chi connectivity index (χ2n) is 8.05. The van der Waals surface area contributed by atoms with Crippen LogP contribution in [0.5, 0.6) is 0 Å². The molecule has 31 heavy (non-hydrogen) atoms. The van der Waals surface area contributed by atoms with Crippen LogP contribution in [0.2, 0.25) is 0 Å². The Hall–Kier alpha value is -3.25. The van der Waals surface area contributed by atoms with Crippen LogP contribution < -0.4 is 10.2 Å². The first-order valence-electron chi connectivity index (χ1n) is 10.8. The third kappa shape index (κ3) is 5.27. The van der Waals surface area contributed by atoms with Crippen molar-refractivity contribution in [1.29, 1.82) is 0 Å². The van der Waals surface area contributed by atoms with Gasteiger partial charge < -0.3 is 15.1 Å². The highest BCUT2D eigenvalue weighted by Crippen LogP contribution is 2.19. The maximum Gasteiger partial charge on any atom is 0.253 e. The van der Waals surface area contributed by atoms with Gasteiger partial charge in [0.2, 0.25) is 0 Å². The predicted octanol–water partition coefficient (Wildman–Crippen LogP) is 3.52. The first-order valence-corrected chi connectivity index (χ1v) is 10.8. The summed E-state index contributed by atoms with van der Waals surface area (Å²) in [5, 5.41) is 2.99. The van der Waals surface area contributed by atoms with Gasteiger partial charge in [0.15, 0.2) is 0 Å². The molecule has 0 aliphatic carbocycles. The van der Waals surface area contributed by atoms with Gasteiger partial charge in [-0.05, 0) is 50.7 Å². The number of amides is 1. The molecule has 1 fully saturated rings. The van der Waals surface area contributed by atoms with Gasteiger partial charge in [-0.2, -0.15) is 0 Å². The van der Waals surface area contributed by atoms with E-state index in [9.17, 15) is 4.79 Å². The molecule has 6 nitrogen and oxygen atoms in total. The molecular formula is C25H29N5O. The number of rotatable bonds is 5. The fourth-order valence-electron chi connectivity index (χ4n) is 3.83. The van der Waals surface area contributed by atoms with Crippen molar-refractivity contribution in [2.24, 2.45) is 0 Å². The van der Waals surface area contributed by atoms with Gasteiger partial charge in [0.05, 0.1) is 17.0 Å². The molecule has 1 saturated heterocycles. The van der Waals surface area contributed by atoms with Crippen molar-refractivity contribution >= 4 is 11.7 Å². The van der Waals surface area contributed by atoms with Gasteiger partial charge in [0.1, 0.15) is 5.82 Å². The number of hydrogen-bond acceptors (Lipinski definition) is 5. The quantitative estimate of drug-likeness (QED) is 0.691. The Morgan fingerprint density at radius 1 is 1.00 bits per heavy atom. The molecule has 160 valence electrons. The van der Waals surface area contributed by atoms with Crippen LogP contribution in [-0.2, 0) is 6.54 Å². The Balaban J connectivity index is 1.36. The number of aromatic nitrogens is 2. The average molecular weight is 416 g/mol. The number of pyridine rings is 2. The van der Waals surface area contributed by atoms with Gasteiger partial charge in [-0.1, -0.05) is 36.4 Å². The number of nitrogens with one attached hydrogen (secondary N) is 1. The topological polar surface area (TPSA) is 61.4 Å². The summed E-state index contributed by atoms with van der Waals surface area (Å²) in [6, 6.07) is 17.8. The summed E-state index contributed by atoms with van der Waals surface area (Å²) in [5.74, 6) is 0.881. The monoisotopic (exact) mass is 415 g/mol. The normalized spacial score (nSPS) is 14.8. The van der Waals surface area contributed by atoms with Gasteiger partial charge in [0, 0.05) is 37.9 Å². The molecule has 1 aliphatic rings. The highest BCUT2D eigenvalue weighted by molar-refractivity contribution is 5.95. The average Bonchev–Trinajstić information content (AvgIpc) is 3.03. The van der Waals surface area contributed by atoms with Gasteiger partial charge in [-0.15, -0.1) is 0 Å². The molecule has 0 unspecified atom stereocenters. The minimum atomic E-state index is -0.121. The van der Waals surface area contributed by atoms with Gasteiger partial charge in [-0.25, -0.2) is 4.98 Å². The van der Waals surface area contributed by atoms with Crippen molar-refractivity contribution in [3.63, 3.8) is 0 Å². The zero-order chi connectivity index (χ0) is 21.6. The van der Waals surface area contributed by atoms with Crippen LogP contribution in [0.15, 0.2) is 60.8 Å². The lowest BCUT2D eigenvalue weighted by atomic mass is 10.1. The van der Waals surface area contributed by atoms with E-state index in [1.807, 2.05) is 67.7 Å². The molecule has 0 atom stereocenters. The summed E-state index contributed by atoms with van der Waals surface area (Å²) in [7, 11) is 2.16. The van der Waals surface area contributed by atoms with Gasteiger partial charge >= 0.3 is 0 Å². The number of anilines is 1. The highest BCUT2D eigenvalue weighted by Gasteiger charge is 2.14. The first kappa shape index (κ1) is 21.0. The molecule has 3 heterocycles. The molecule has 4 rings (SSSR count). The van der Waals surface area contributed by atoms with E-state index in [0.717, 1.165) is 60.9 Å². The van der Waals surface area contributed by atoms with Crippen LogP contribution in [-0.4, -0.2) is 54.0 Å². The van der Waals surface area contributed by atoms with Crippen molar-refractivity contribution in [2.45, 2.75) is 19.9 Å².